The summed E-state index contributed by atoms with van der Waals surface area (Å²) in [5.74, 6) is 1.26. The molecule has 0 aliphatic heterocycles. The second kappa shape index (κ2) is 71.8. The molecule has 64 heavy (non-hydrogen) atoms. The molecule has 1 aromatic rings. The van der Waals surface area contributed by atoms with Gasteiger partial charge >= 0.3 is 51.4 Å². The van der Waals surface area contributed by atoms with Crippen molar-refractivity contribution in [3.63, 3.8) is 0 Å². The number of rotatable bonds is 22. The van der Waals surface area contributed by atoms with Crippen molar-refractivity contribution in [1.82, 2.24) is 21.3 Å². The molecule has 0 fully saturated rings. The number of Topliss-reactive ketones (excluding diaryl/α,β-unsaturated/α-hetero) is 1. The third-order valence-corrected chi connectivity index (χ3v) is 7.74. The number of aldehydes is 4. The topological polar surface area (TPSA) is 249 Å². The summed E-state index contributed by atoms with van der Waals surface area (Å²) >= 11 is 0. The number of aryl methyl sites for hydroxylation is 2. The van der Waals surface area contributed by atoms with Crippen LogP contribution < -0.4 is 84.1 Å². The molecular formula is C48H97KN8O7. The SMILES string of the molecule is C=CNCC=O.CC.CC(C)C(C=O)CCCN=C(N)N.CC=O.CCCCCCNC.CCCc1ccc(C)cc1.CNC(C(C)=O)C(C)C.CO.C[N-]C(=O)NC(C)CC=O.[K+]. The Morgan fingerprint density at radius 2 is 1.41 bits per heavy atom. The van der Waals surface area contributed by atoms with E-state index in [-0.39, 0.29) is 87.2 Å². The number of carbonyl (C=O) groups excluding carboxylic acids is 6. The van der Waals surface area contributed by atoms with Crippen LogP contribution in [0.4, 0.5) is 4.79 Å². The summed E-state index contributed by atoms with van der Waals surface area (Å²) in [7, 11) is 6.22. The van der Waals surface area contributed by atoms with Crippen LogP contribution in [0, 0.1) is 24.7 Å². The Kier molecular flexibility index (Phi) is 91.3. The van der Waals surface area contributed by atoms with Crippen molar-refractivity contribution in [2.75, 3.05) is 47.9 Å². The molecule has 1 rings (SSSR count). The van der Waals surface area contributed by atoms with Crippen molar-refractivity contribution in [1.29, 1.82) is 0 Å². The normalized spacial score (nSPS) is 10.1. The van der Waals surface area contributed by atoms with Crippen molar-refractivity contribution in [2.45, 2.75) is 153 Å². The van der Waals surface area contributed by atoms with Gasteiger partial charge in [0, 0.05) is 26.0 Å². The second-order valence-corrected chi connectivity index (χ2v) is 14.0. The number of aliphatic hydroxyl groups excluding tert-OH is 1. The van der Waals surface area contributed by atoms with E-state index in [4.69, 9.17) is 21.4 Å². The Morgan fingerprint density at radius 1 is 0.875 bits per heavy atom. The van der Waals surface area contributed by atoms with Gasteiger partial charge in [0.2, 0.25) is 0 Å². The van der Waals surface area contributed by atoms with Gasteiger partial charge in [-0.2, -0.15) is 0 Å². The smallest absolute Gasteiger partial charge is 0.446 e. The van der Waals surface area contributed by atoms with E-state index in [0.29, 0.717) is 31.3 Å². The fraction of sp³-hybridized carbons (Fsp3) is 0.688. The summed E-state index contributed by atoms with van der Waals surface area (Å²) in [6.45, 7) is 29.0. The number of nitrogens with one attached hydrogen (secondary N) is 4. The van der Waals surface area contributed by atoms with E-state index in [2.05, 4.69) is 83.2 Å². The van der Waals surface area contributed by atoms with Crippen LogP contribution in [0.25, 0.3) is 5.32 Å². The molecule has 9 N–H and O–H groups in total. The first-order chi connectivity index (χ1) is 29.9. The van der Waals surface area contributed by atoms with E-state index in [1.807, 2.05) is 55.6 Å². The number of guanidine groups is 1. The minimum Gasteiger partial charge on any atom is -0.446 e. The zero-order valence-corrected chi connectivity index (χ0v) is 46.8. The largest absolute Gasteiger partial charge is 1.00 e. The maximum absolute atomic E-state index is 10.8. The van der Waals surface area contributed by atoms with E-state index in [1.165, 1.54) is 76.4 Å². The molecule has 0 spiro atoms. The first kappa shape index (κ1) is 81.4. The Labute approximate surface area is 434 Å². The predicted molar refractivity (Wildman–Crippen MR) is 269 cm³/mol. The zero-order valence-electron chi connectivity index (χ0n) is 43.7. The average molecular weight is 937 g/mol. The number of hydrogen-bond donors (Lipinski definition) is 7. The number of urea groups is 1. The Hall–Kier alpha value is -2.83. The standard InChI is InChI=1S/C10H14.C9H19N3O.C7H15NO.C7H17N.C6H12N2O2.C4H7NO.C2H4O.C2H6.CH4O.K/c1-3-4-10-7-5-9(2)6-8-10;1-7(2)8(6-13)4-3-5-12-9(10)11;1-5(2)7(8-4)6(3)9;1-3-4-5-6-7-8-2;1-5(3-4-9)8-6(10)7-2;1-2-5-3-4-6;1-2-3;2*1-2;/h5-8H,3-4H2,1-2H3;6-8H,3-5H2,1-2H3,(H4,10,11,12);5,7-8H,1-4H3;8H,3-7H2,1-2H3;4-5H,3H2,1-2H3,(H2,7,8,10);2,4-5H,1,3H2;2H,1H3;1-2H3;2H,1H3;/q;;;;;;;;;+1/p-1. The van der Waals surface area contributed by atoms with Crippen LogP contribution in [0.2, 0.25) is 0 Å². The number of hydrogen-bond acceptors (Lipinski definition) is 11. The molecule has 372 valence electrons. The van der Waals surface area contributed by atoms with Gasteiger partial charge in [0.05, 0.1) is 12.6 Å². The van der Waals surface area contributed by atoms with Gasteiger partial charge in [-0.1, -0.05) is 131 Å². The van der Waals surface area contributed by atoms with Crippen molar-refractivity contribution in [3.8, 4) is 0 Å². The van der Waals surface area contributed by atoms with Gasteiger partial charge in [-0.15, -0.1) is 0 Å². The molecule has 0 aliphatic rings. The van der Waals surface area contributed by atoms with Crippen LogP contribution >= 0.6 is 0 Å². The van der Waals surface area contributed by atoms with Crippen molar-refractivity contribution >= 4 is 42.9 Å². The number of carbonyl (C=O) groups is 6. The van der Waals surface area contributed by atoms with Gasteiger partial charge in [0.1, 0.15) is 30.9 Å². The molecule has 3 atom stereocenters. The van der Waals surface area contributed by atoms with E-state index >= 15 is 0 Å². The van der Waals surface area contributed by atoms with Crippen molar-refractivity contribution in [3.05, 3.63) is 53.5 Å². The zero-order chi connectivity index (χ0) is 50.9. The van der Waals surface area contributed by atoms with E-state index in [0.717, 1.165) is 45.1 Å². The summed E-state index contributed by atoms with van der Waals surface area (Å²) in [6, 6.07) is 8.29. The van der Waals surface area contributed by atoms with Gasteiger partial charge in [0.15, 0.2) is 12.0 Å². The number of ketones is 1. The van der Waals surface area contributed by atoms with Crippen LogP contribution in [0.5, 0.6) is 0 Å². The maximum atomic E-state index is 10.8. The molecule has 3 unspecified atom stereocenters. The third-order valence-electron chi connectivity index (χ3n) is 7.74. The fourth-order valence-electron chi connectivity index (χ4n) is 4.48. The molecule has 1 aromatic carbocycles. The minimum atomic E-state index is -0.380. The molecule has 2 amide bonds. The number of nitrogens with zero attached hydrogens (tertiary/aromatic N) is 2. The average Bonchev–Trinajstić information content (AvgIpc) is 3.25. The minimum absolute atomic E-state index is 0. The van der Waals surface area contributed by atoms with Crippen LogP contribution in [0.1, 0.15) is 139 Å². The summed E-state index contributed by atoms with van der Waals surface area (Å²) in [4.78, 5) is 63.9. The van der Waals surface area contributed by atoms with Crippen molar-refractivity contribution < 1.29 is 85.3 Å². The quantitative estimate of drug-likeness (QED) is 0.0279. The fourth-order valence-corrected chi connectivity index (χ4v) is 4.48. The van der Waals surface area contributed by atoms with Crippen LogP contribution in [0.3, 0.4) is 0 Å². The van der Waals surface area contributed by atoms with Crippen molar-refractivity contribution in [2.24, 2.45) is 34.2 Å². The molecule has 0 bridgehead atoms. The van der Waals surface area contributed by atoms with Gasteiger partial charge in [-0.25, -0.2) is 0 Å². The molecule has 0 aromatic heterocycles. The monoisotopic (exact) mass is 937 g/mol. The van der Waals surface area contributed by atoms with Gasteiger partial charge < -0.3 is 62.3 Å². The summed E-state index contributed by atoms with van der Waals surface area (Å²) in [6.07, 6.45) is 14.7. The number of aliphatic imine (C=N–C) groups is 1. The first-order valence-electron chi connectivity index (χ1n) is 22.3. The first-order valence-corrected chi connectivity index (χ1v) is 22.3. The molecule has 16 heteroatoms. The van der Waals surface area contributed by atoms with E-state index in [9.17, 15) is 24.0 Å². The van der Waals surface area contributed by atoms with Crippen LogP contribution in [-0.2, 0) is 30.4 Å². The number of aliphatic hydroxyl groups is 1. The van der Waals surface area contributed by atoms with Gasteiger partial charge in [-0.05, 0) is 96.7 Å². The Morgan fingerprint density at radius 3 is 1.70 bits per heavy atom. The van der Waals surface area contributed by atoms with E-state index in [1.54, 1.807) is 13.8 Å². The molecule has 0 aliphatic carbocycles. The maximum Gasteiger partial charge on any atom is 1.00 e. The number of benzene rings is 1. The molecular weight excluding hydrogens is 840 g/mol. The predicted octanol–water partition coefficient (Wildman–Crippen LogP) is 4.50. The van der Waals surface area contributed by atoms with Crippen LogP contribution in [-0.4, -0.2) is 108 Å². The van der Waals surface area contributed by atoms with Crippen LogP contribution in [0.15, 0.2) is 42.0 Å². The number of unbranched alkanes of at least 4 members (excludes halogenated alkanes) is 3. The summed E-state index contributed by atoms with van der Waals surface area (Å²) < 4.78 is 0. The molecule has 0 heterocycles. The van der Waals surface area contributed by atoms with Gasteiger partial charge in [0.25, 0.3) is 0 Å². The molecule has 15 nitrogen and oxygen atoms in total. The number of likely N-dealkylation sites (N-methyl/N-ethyl adjacent to an activating group) is 1. The van der Waals surface area contributed by atoms with Gasteiger partial charge in [-0.3, -0.25) is 14.6 Å². The summed E-state index contributed by atoms with van der Waals surface area (Å²) in [5.41, 5.74) is 13.1. The molecule has 0 saturated heterocycles. The Bertz CT molecular complexity index is 1140. The Balaban J connectivity index is -0.0000000793. The third kappa shape index (κ3) is 79.5. The molecule has 0 radical (unpaired) electrons. The second-order valence-electron chi connectivity index (χ2n) is 14.0. The number of amides is 2. The summed E-state index contributed by atoms with van der Waals surface area (Å²) in [5, 5.41) is 21.5. The van der Waals surface area contributed by atoms with E-state index < -0.39 is 0 Å². The number of nitrogens with two attached hydrogens (primary N) is 2. The molecule has 0 saturated carbocycles.